The van der Waals surface area contributed by atoms with Crippen LogP contribution in [0.25, 0.3) is 10.2 Å². The standard InChI is InChI=1S/C19H24N4O3S/c1-13(24)20-19-22-15-12-14(6-7-16(15)27-19)21-17(25)8-9-18(26)23-10-4-2-3-5-11-23/h6-7,12H,2-5,8-11H2,1H3,(H,21,25)(H,20,22,24). The van der Waals surface area contributed by atoms with Crippen molar-refractivity contribution >= 4 is 50.1 Å². The summed E-state index contributed by atoms with van der Waals surface area (Å²) in [5.74, 6) is -0.298. The minimum Gasteiger partial charge on any atom is -0.343 e. The highest BCUT2D eigenvalue weighted by Crippen LogP contribution is 2.28. The lowest BCUT2D eigenvalue weighted by molar-refractivity contribution is -0.132. The molecular weight excluding hydrogens is 364 g/mol. The summed E-state index contributed by atoms with van der Waals surface area (Å²) in [6, 6.07) is 5.43. The van der Waals surface area contributed by atoms with Gasteiger partial charge in [0.05, 0.1) is 10.2 Å². The molecular formula is C19H24N4O3S. The van der Waals surface area contributed by atoms with Crippen LogP contribution < -0.4 is 10.6 Å². The van der Waals surface area contributed by atoms with Gasteiger partial charge in [-0.05, 0) is 31.0 Å². The molecule has 144 valence electrons. The highest BCUT2D eigenvalue weighted by atomic mass is 32.1. The zero-order valence-electron chi connectivity index (χ0n) is 15.4. The molecule has 7 nitrogen and oxygen atoms in total. The Bertz CT molecular complexity index is 841. The summed E-state index contributed by atoms with van der Waals surface area (Å²) in [5.41, 5.74) is 1.34. The first-order valence-electron chi connectivity index (χ1n) is 9.27. The summed E-state index contributed by atoms with van der Waals surface area (Å²) >= 11 is 1.38. The molecule has 3 rings (SSSR count). The van der Waals surface area contributed by atoms with Crippen LogP contribution in [0.2, 0.25) is 0 Å². The van der Waals surface area contributed by atoms with Crippen molar-refractivity contribution in [1.29, 1.82) is 0 Å². The fourth-order valence-electron chi connectivity index (χ4n) is 3.13. The van der Waals surface area contributed by atoms with Gasteiger partial charge in [0.15, 0.2) is 5.13 Å². The summed E-state index contributed by atoms with van der Waals surface area (Å²) in [6.07, 6.45) is 4.84. The summed E-state index contributed by atoms with van der Waals surface area (Å²) in [7, 11) is 0. The first-order valence-corrected chi connectivity index (χ1v) is 10.1. The van der Waals surface area contributed by atoms with Crippen molar-refractivity contribution in [3.05, 3.63) is 18.2 Å². The molecule has 2 aromatic rings. The number of thiazole rings is 1. The Hall–Kier alpha value is -2.48. The summed E-state index contributed by atoms with van der Waals surface area (Å²) in [4.78, 5) is 41.8. The van der Waals surface area contributed by atoms with Crippen LogP contribution in [0.3, 0.4) is 0 Å². The SMILES string of the molecule is CC(=O)Nc1nc2cc(NC(=O)CCC(=O)N3CCCCCC3)ccc2s1. The fourth-order valence-corrected chi connectivity index (χ4v) is 4.02. The van der Waals surface area contributed by atoms with Crippen LogP contribution >= 0.6 is 11.3 Å². The topological polar surface area (TPSA) is 91.4 Å². The van der Waals surface area contributed by atoms with Gasteiger partial charge >= 0.3 is 0 Å². The lowest BCUT2D eigenvalue weighted by Crippen LogP contribution is -2.32. The maximum atomic E-state index is 12.3. The van der Waals surface area contributed by atoms with Crippen molar-refractivity contribution in [3.8, 4) is 0 Å². The smallest absolute Gasteiger partial charge is 0.224 e. The monoisotopic (exact) mass is 388 g/mol. The average molecular weight is 388 g/mol. The van der Waals surface area contributed by atoms with Crippen molar-refractivity contribution < 1.29 is 14.4 Å². The highest BCUT2D eigenvalue weighted by Gasteiger charge is 2.16. The maximum Gasteiger partial charge on any atom is 0.224 e. The third-order valence-corrected chi connectivity index (χ3v) is 5.43. The van der Waals surface area contributed by atoms with Crippen molar-refractivity contribution in [1.82, 2.24) is 9.88 Å². The molecule has 2 N–H and O–H groups in total. The largest absolute Gasteiger partial charge is 0.343 e. The van der Waals surface area contributed by atoms with Gasteiger partial charge in [-0.25, -0.2) is 4.98 Å². The van der Waals surface area contributed by atoms with Gasteiger partial charge in [-0.3, -0.25) is 14.4 Å². The van der Waals surface area contributed by atoms with Crippen LogP contribution in [0.15, 0.2) is 18.2 Å². The molecule has 2 heterocycles. The molecule has 1 fully saturated rings. The van der Waals surface area contributed by atoms with Crippen LogP contribution in [-0.4, -0.2) is 40.7 Å². The number of anilines is 2. The van der Waals surface area contributed by atoms with E-state index in [1.54, 1.807) is 12.1 Å². The molecule has 1 aliphatic heterocycles. The molecule has 0 radical (unpaired) electrons. The number of rotatable bonds is 5. The maximum absolute atomic E-state index is 12.3. The fraction of sp³-hybridized carbons (Fsp3) is 0.474. The van der Waals surface area contributed by atoms with Gasteiger partial charge in [0.1, 0.15) is 0 Å². The summed E-state index contributed by atoms with van der Waals surface area (Å²) in [6.45, 7) is 3.04. The predicted octanol–water partition coefficient (Wildman–Crippen LogP) is 3.38. The molecule has 1 saturated heterocycles. The van der Waals surface area contributed by atoms with Gasteiger partial charge in [0, 0.05) is 38.5 Å². The molecule has 0 spiro atoms. The van der Waals surface area contributed by atoms with E-state index in [1.165, 1.54) is 31.1 Å². The zero-order chi connectivity index (χ0) is 19.2. The van der Waals surface area contributed by atoms with E-state index in [0.717, 1.165) is 30.6 Å². The molecule has 3 amide bonds. The van der Waals surface area contributed by atoms with Crippen molar-refractivity contribution in [2.75, 3.05) is 23.7 Å². The average Bonchev–Trinajstić information content (AvgIpc) is 2.82. The molecule has 1 aromatic heterocycles. The lowest BCUT2D eigenvalue weighted by atomic mass is 10.2. The Morgan fingerprint density at radius 1 is 1.07 bits per heavy atom. The molecule has 0 bridgehead atoms. The van der Waals surface area contributed by atoms with Gasteiger partial charge in [-0.15, -0.1) is 0 Å². The number of nitrogens with zero attached hydrogens (tertiary/aromatic N) is 2. The summed E-state index contributed by atoms with van der Waals surface area (Å²) in [5, 5.41) is 6.02. The number of benzene rings is 1. The second-order valence-corrected chi connectivity index (χ2v) is 7.76. The molecule has 0 saturated carbocycles. The number of carbonyl (C=O) groups excluding carboxylic acids is 3. The van der Waals surface area contributed by atoms with Crippen LogP contribution in [-0.2, 0) is 14.4 Å². The van der Waals surface area contributed by atoms with E-state index in [1.807, 2.05) is 11.0 Å². The number of likely N-dealkylation sites (tertiary alicyclic amines) is 1. The second kappa shape index (κ2) is 8.94. The van der Waals surface area contributed by atoms with Gasteiger partial charge in [0.2, 0.25) is 17.7 Å². The van der Waals surface area contributed by atoms with Crippen LogP contribution in [0.5, 0.6) is 0 Å². The van der Waals surface area contributed by atoms with E-state index in [2.05, 4.69) is 15.6 Å². The van der Waals surface area contributed by atoms with E-state index in [4.69, 9.17) is 0 Å². The quantitative estimate of drug-likeness (QED) is 0.821. The number of aromatic nitrogens is 1. The Labute approximate surface area is 162 Å². The predicted molar refractivity (Wildman–Crippen MR) is 107 cm³/mol. The zero-order valence-corrected chi connectivity index (χ0v) is 16.2. The number of hydrogen-bond donors (Lipinski definition) is 2. The lowest BCUT2D eigenvalue weighted by Gasteiger charge is -2.20. The van der Waals surface area contributed by atoms with Crippen LogP contribution in [0.4, 0.5) is 10.8 Å². The Balaban J connectivity index is 1.53. The molecule has 1 aliphatic rings. The molecule has 0 atom stereocenters. The second-order valence-electron chi connectivity index (χ2n) is 6.73. The van der Waals surface area contributed by atoms with E-state index < -0.39 is 0 Å². The Morgan fingerprint density at radius 2 is 1.81 bits per heavy atom. The van der Waals surface area contributed by atoms with E-state index >= 15 is 0 Å². The molecule has 1 aromatic carbocycles. The normalized spacial score (nSPS) is 14.6. The molecule has 0 aliphatic carbocycles. The van der Waals surface area contributed by atoms with Crippen molar-refractivity contribution in [3.63, 3.8) is 0 Å². The Kier molecular flexibility index (Phi) is 6.39. The minimum absolute atomic E-state index is 0.0574. The molecule has 8 heteroatoms. The minimum atomic E-state index is -0.185. The van der Waals surface area contributed by atoms with Gasteiger partial charge < -0.3 is 15.5 Å². The van der Waals surface area contributed by atoms with Gasteiger partial charge in [-0.2, -0.15) is 0 Å². The van der Waals surface area contributed by atoms with E-state index in [-0.39, 0.29) is 30.6 Å². The third-order valence-electron chi connectivity index (χ3n) is 4.48. The first-order chi connectivity index (χ1) is 13.0. The number of nitrogens with one attached hydrogen (secondary N) is 2. The number of hydrogen-bond acceptors (Lipinski definition) is 5. The van der Waals surface area contributed by atoms with E-state index in [0.29, 0.717) is 16.3 Å². The van der Waals surface area contributed by atoms with Crippen molar-refractivity contribution in [2.24, 2.45) is 0 Å². The van der Waals surface area contributed by atoms with Crippen LogP contribution in [0.1, 0.15) is 45.4 Å². The van der Waals surface area contributed by atoms with Crippen molar-refractivity contribution in [2.45, 2.75) is 45.4 Å². The highest BCUT2D eigenvalue weighted by molar-refractivity contribution is 7.22. The van der Waals surface area contributed by atoms with Crippen LogP contribution in [0, 0.1) is 0 Å². The van der Waals surface area contributed by atoms with Gasteiger partial charge in [-0.1, -0.05) is 24.2 Å². The number of fused-ring (bicyclic) bond motifs is 1. The third kappa shape index (κ3) is 5.50. The van der Waals surface area contributed by atoms with E-state index in [9.17, 15) is 14.4 Å². The summed E-state index contributed by atoms with van der Waals surface area (Å²) < 4.78 is 0.924. The molecule has 27 heavy (non-hydrogen) atoms. The molecule has 0 unspecified atom stereocenters. The Morgan fingerprint density at radius 3 is 2.52 bits per heavy atom. The first kappa shape index (κ1) is 19.3. The number of amides is 3. The van der Waals surface area contributed by atoms with Gasteiger partial charge in [0.25, 0.3) is 0 Å². The number of carbonyl (C=O) groups is 3.